The van der Waals surface area contributed by atoms with E-state index in [1.807, 2.05) is 49.4 Å². The molecule has 0 saturated carbocycles. The number of aromatic nitrogens is 2. The van der Waals surface area contributed by atoms with E-state index in [1.54, 1.807) is 25.1 Å². The molecule has 3 aromatic carbocycles. The Hall–Kier alpha value is -4.72. The molecule has 0 spiro atoms. The molecule has 0 bridgehead atoms. The Labute approximate surface area is 221 Å². The van der Waals surface area contributed by atoms with Crippen LogP contribution in [0.4, 0.5) is 11.5 Å². The molecule has 4 aromatic rings. The van der Waals surface area contributed by atoms with Gasteiger partial charge in [0.2, 0.25) is 0 Å². The zero-order valence-electron chi connectivity index (χ0n) is 21.8. The van der Waals surface area contributed by atoms with E-state index in [4.69, 9.17) is 14.2 Å². The SMILES string of the molecule is CCOc1ccc(NC(=O)c2cnn3c2NC(c2ccc(C)cc2)=C[C@@H]3c2cccc(OC)c2OC)cc1. The number of carbonyl (C=O) groups is 1. The van der Waals surface area contributed by atoms with Crippen LogP contribution in [0.15, 0.2) is 79.0 Å². The van der Waals surface area contributed by atoms with Crippen LogP contribution < -0.4 is 24.8 Å². The van der Waals surface area contributed by atoms with E-state index < -0.39 is 0 Å². The Balaban J connectivity index is 1.55. The van der Waals surface area contributed by atoms with Crippen LogP contribution in [0.2, 0.25) is 0 Å². The summed E-state index contributed by atoms with van der Waals surface area (Å²) in [6.45, 7) is 4.56. The molecule has 5 rings (SSSR count). The summed E-state index contributed by atoms with van der Waals surface area (Å²) in [5.74, 6) is 2.29. The van der Waals surface area contributed by atoms with Crippen LogP contribution in [0.25, 0.3) is 5.70 Å². The lowest BCUT2D eigenvalue weighted by molar-refractivity contribution is 0.102. The summed E-state index contributed by atoms with van der Waals surface area (Å²) in [5.41, 5.74) is 4.96. The second-order valence-corrected chi connectivity index (χ2v) is 8.86. The number of hydrogen-bond donors (Lipinski definition) is 2. The molecule has 0 radical (unpaired) electrons. The molecule has 0 aliphatic carbocycles. The molecule has 0 fully saturated rings. The molecule has 2 N–H and O–H groups in total. The molecular weight excluding hydrogens is 480 g/mol. The quantitative estimate of drug-likeness (QED) is 0.306. The molecule has 0 saturated heterocycles. The van der Waals surface area contributed by atoms with E-state index >= 15 is 0 Å². The van der Waals surface area contributed by atoms with Crippen LogP contribution >= 0.6 is 0 Å². The minimum atomic E-state index is -0.348. The zero-order chi connectivity index (χ0) is 26.6. The van der Waals surface area contributed by atoms with Gasteiger partial charge >= 0.3 is 0 Å². The summed E-state index contributed by atoms with van der Waals surface area (Å²) in [6, 6.07) is 20.9. The number of nitrogens with one attached hydrogen (secondary N) is 2. The van der Waals surface area contributed by atoms with Crippen LogP contribution in [-0.2, 0) is 0 Å². The molecule has 1 amide bonds. The number of anilines is 2. The number of allylic oxidation sites excluding steroid dienone is 1. The fourth-order valence-electron chi connectivity index (χ4n) is 4.53. The Bertz CT molecular complexity index is 1470. The number of ether oxygens (including phenoxy) is 3. The topological polar surface area (TPSA) is 86.6 Å². The van der Waals surface area contributed by atoms with Crippen molar-refractivity contribution < 1.29 is 19.0 Å². The van der Waals surface area contributed by atoms with Crippen LogP contribution in [0.1, 0.15) is 40.0 Å². The normalized spacial score (nSPS) is 14.1. The molecular formula is C30H30N4O4. The van der Waals surface area contributed by atoms with E-state index in [2.05, 4.69) is 53.0 Å². The summed E-state index contributed by atoms with van der Waals surface area (Å²) in [5, 5.41) is 11.0. The van der Waals surface area contributed by atoms with Gasteiger partial charge in [-0.3, -0.25) is 4.79 Å². The predicted molar refractivity (Wildman–Crippen MR) is 148 cm³/mol. The maximum Gasteiger partial charge on any atom is 0.261 e. The van der Waals surface area contributed by atoms with Gasteiger partial charge in [0.1, 0.15) is 23.2 Å². The van der Waals surface area contributed by atoms with Crippen molar-refractivity contribution in [3.05, 3.63) is 101 Å². The van der Waals surface area contributed by atoms with Crippen molar-refractivity contribution in [3.63, 3.8) is 0 Å². The monoisotopic (exact) mass is 510 g/mol. The second-order valence-electron chi connectivity index (χ2n) is 8.86. The van der Waals surface area contributed by atoms with Gasteiger partial charge in [0.15, 0.2) is 11.5 Å². The van der Waals surface area contributed by atoms with E-state index in [0.717, 1.165) is 28.1 Å². The number of para-hydroxylation sites is 1. The molecule has 1 atom stereocenters. The summed E-state index contributed by atoms with van der Waals surface area (Å²) in [6.07, 6.45) is 3.66. The standard InChI is InChI=1S/C30H30N4O4/c1-5-38-22-15-13-21(14-16-22)32-30(35)24-18-31-34-26(23-7-6-8-27(36-3)28(23)37-4)17-25(33-29(24)34)20-11-9-19(2)10-12-20/h6-18,26,33H,5H2,1-4H3,(H,32,35)/t26-/m1/s1. The largest absolute Gasteiger partial charge is 0.494 e. The lowest BCUT2D eigenvalue weighted by Crippen LogP contribution is -2.22. The Morgan fingerprint density at radius 2 is 1.79 bits per heavy atom. The first-order valence-electron chi connectivity index (χ1n) is 12.4. The number of carbonyl (C=O) groups excluding carboxylic acids is 1. The van der Waals surface area contributed by atoms with Gasteiger partial charge in [0.05, 0.1) is 27.0 Å². The Morgan fingerprint density at radius 3 is 2.47 bits per heavy atom. The summed E-state index contributed by atoms with van der Waals surface area (Å²) < 4.78 is 18.6. The Kier molecular flexibility index (Phi) is 7.04. The van der Waals surface area contributed by atoms with Crippen molar-refractivity contribution in [1.82, 2.24) is 9.78 Å². The van der Waals surface area contributed by atoms with E-state index in [0.29, 0.717) is 35.2 Å². The molecule has 1 aliphatic heterocycles. The smallest absolute Gasteiger partial charge is 0.261 e. The second kappa shape index (κ2) is 10.7. The first-order valence-corrected chi connectivity index (χ1v) is 12.4. The van der Waals surface area contributed by atoms with Crippen molar-refractivity contribution in [1.29, 1.82) is 0 Å². The van der Waals surface area contributed by atoms with Crippen LogP contribution in [0, 0.1) is 6.92 Å². The molecule has 2 heterocycles. The van der Waals surface area contributed by atoms with Gasteiger partial charge < -0.3 is 24.8 Å². The molecule has 8 heteroatoms. The summed E-state index contributed by atoms with van der Waals surface area (Å²) in [4.78, 5) is 13.4. The van der Waals surface area contributed by atoms with Crippen molar-refractivity contribution in [2.24, 2.45) is 0 Å². The highest BCUT2D eigenvalue weighted by Crippen LogP contribution is 2.41. The molecule has 0 unspecified atom stereocenters. The lowest BCUT2D eigenvalue weighted by Gasteiger charge is -2.27. The third-order valence-corrected chi connectivity index (χ3v) is 6.42. The van der Waals surface area contributed by atoms with Gasteiger partial charge in [-0.25, -0.2) is 4.68 Å². The van der Waals surface area contributed by atoms with E-state index in [9.17, 15) is 4.79 Å². The molecule has 1 aromatic heterocycles. The van der Waals surface area contributed by atoms with Crippen LogP contribution in [-0.4, -0.2) is 36.5 Å². The molecule has 1 aliphatic rings. The molecule has 38 heavy (non-hydrogen) atoms. The predicted octanol–water partition coefficient (Wildman–Crippen LogP) is 5.92. The first kappa shape index (κ1) is 25.0. The fourth-order valence-corrected chi connectivity index (χ4v) is 4.53. The van der Waals surface area contributed by atoms with Crippen molar-refractivity contribution in [2.45, 2.75) is 19.9 Å². The fraction of sp³-hybridized carbons (Fsp3) is 0.200. The molecule has 194 valence electrons. The minimum absolute atomic E-state index is 0.274. The van der Waals surface area contributed by atoms with Crippen LogP contribution in [0.3, 0.4) is 0 Å². The average molecular weight is 511 g/mol. The number of hydrogen-bond acceptors (Lipinski definition) is 6. The van der Waals surface area contributed by atoms with Gasteiger partial charge in [-0.05, 0) is 55.8 Å². The molecule has 8 nitrogen and oxygen atoms in total. The lowest BCUT2D eigenvalue weighted by atomic mass is 9.99. The van der Waals surface area contributed by atoms with E-state index in [1.165, 1.54) is 0 Å². The highest BCUT2D eigenvalue weighted by atomic mass is 16.5. The minimum Gasteiger partial charge on any atom is -0.494 e. The summed E-state index contributed by atoms with van der Waals surface area (Å²) >= 11 is 0. The number of amides is 1. The average Bonchev–Trinajstić information content (AvgIpc) is 3.38. The highest BCUT2D eigenvalue weighted by molar-refractivity contribution is 6.08. The maximum absolute atomic E-state index is 13.4. The van der Waals surface area contributed by atoms with Gasteiger partial charge in [-0.15, -0.1) is 0 Å². The zero-order valence-corrected chi connectivity index (χ0v) is 21.8. The van der Waals surface area contributed by atoms with Gasteiger partial charge in [0.25, 0.3) is 5.91 Å². The maximum atomic E-state index is 13.4. The Morgan fingerprint density at radius 1 is 1.03 bits per heavy atom. The van der Waals surface area contributed by atoms with Gasteiger partial charge in [-0.2, -0.15) is 5.10 Å². The van der Waals surface area contributed by atoms with Crippen molar-refractivity contribution in [3.8, 4) is 17.2 Å². The van der Waals surface area contributed by atoms with Gasteiger partial charge in [0, 0.05) is 16.9 Å². The number of rotatable bonds is 8. The number of methoxy groups -OCH3 is 2. The first-order chi connectivity index (χ1) is 18.5. The third kappa shape index (κ3) is 4.80. The van der Waals surface area contributed by atoms with E-state index in [-0.39, 0.29) is 11.9 Å². The number of nitrogens with zero attached hydrogens (tertiary/aromatic N) is 2. The van der Waals surface area contributed by atoms with Crippen LogP contribution in [0.5, 0.6) is 17.2 Å². The summed E-state index contributed by atoms with van der Waals surface area (Å²) in [7, 11) is 3.23. The number of benzene rings is 3. The van der Waals surface area contributed by atoms with Gasteiger partial charge in [-0.1, -0.05) is 42.0 Å². The third-order valence-electron chi connectivity index (χ3n) is 6.42. The number of fused-ring (bicyclic) bond motifs is 1. The highest BCUT2D eigenvalue weighted by Gasteiger charge is 2.30. The van der Waals surface area contributed by atoms with Crippen molar-refractivity contribution in [2.75, 3.05) is 31.5 Å². The van der Waals surface area contributed by atoms with Crippen molar-refractivity contribution >= 4 is 23.1 Å². The number of aryl methyl sites for hydroxylation is 1.